The summed E-state index contributed by atoms with van der Waals surface area (Å²) in [6, 6.07) is 7.86. The minimum atomic E-state index is -0.369. The van der Waals surface area contributed by atoms with Crippen molar-refractivity contribution in [2.45, 2.75) is 43.1 Å². The van der Waals surface area contributed by atoms with E-state index in [1.165, 1.54) is 0 Å². The smallest absolute Gasteiger partial charge is 0.121 e. The third-order valence-electron chi connectivity index (χ3n) is 6.54. The monoisotopic (exact) mass is 529 g/mol. The Hall–Kier alpha value is -2.59. The summed E-state index contributed by atoms with van der Waals surface area (Å²) < 4.78 is 11.1. The fraction of sp³-hybridized carbons (Fsp3) is 0.556. The number of hydrogen-bond acceptors (Lipinski definition) is 9. The van der Waals surface area contributed by atoms with Crippen LogP contribution in [0.5, 0.6) is 5.75 Å². The van der Waals surface area contributed by atoms with Crippen LogP contribution < -0.4 is 15.8 Å². The van der Waals surface area contributed by atoms with Gasteiger partial charge >= 0.3 is 0 Å². The summed E-state index contributed by atoms with van der Waals surface area (Å²) in [7, 11) is 6.82. The molecule has 1 aromatic carbocycles. The Labute approximate surface area is 225 Å². The van der Waals surface area contributed by atoms with Gasteiger partial charge in [0.15, 0.2) is 0 Å². The van der Waals surface area contributed by atoms with Crippen LogP contribution in [-0.2, 0) is 11.3 Å². The maximum Gasteiger partial charge on any atom is 0.121 e. The maximum absolute atomic E-state index is 6.85. The number of rotatable bonds is 12. The largest absolute Gasteiger partial charge is 0.497 e. The quantitative estimate of drug-likeness (QED) is 0.246. The Kier molecular flexibility index (Phi) is 11.7. The molecule has 1 saturated heterocycles. The Morgan fingerprint density at radius 3 is 2.62 bits per heavy atom. The lowest BCUT2D eigenvalue weighted by Crippen LogP contribution is -2.49. The molecule has 5 unspecified atom stereocenters. The number of benzene rings is 1. The van der Waals surface area contributed by atoms with Crippen LogP contribution in [0.25, 0.3) is 0 Å². The molecule has 2 aliphatic heterocycles. The van der Waals surface area contributed by atoms with Gasteiger partial charge in [0, 0.05) is 70.9 Å². The van der Waals surface area contributed by atoms with E-state index in [2.05, 4.69) is 30.2 Å². The van der Waals surface area contributed by atoms with E-state index in [0.717, 1.165) is 48.5 Å². The van der Waals surface area contributed by atoms with Gasteiger partial charge in [-0.15, -0.1) is 11.6 Å². The molecule has 3 N–H and O–H groups in total. The minimum Gasteiger partial charge on any atom is -0.497 e. The second-order valence-corrected chi connectivity index (χ2v) is 9.65. The second-order valence-electron chi connectivity index (χ2n) is 9.18. The number of nitrogens with one attached hydrogen (secondary N) is 1. The molecule has 202 valence electrons. The average Bonchev–Trinajstić information content (AvgIpc) is 3.35. The summed E-state index contributed by atoms with van der Waals surface area (Å²) in [6.45, 7) is 2.79. The summed E-state index contributed by atoms with van der Waals surface area (Å²) in [4.78, 5) is 20.0. The van der Waals surface area contributed by atoms with Crippen molar-refractivity contribution < 1.29 is 9.47 Å². The Morgan fingerprint density at radius 1 is 1.22 bits per heavy atom. The highest BCUT2D eigenvalue weighted by atomic mass is 35.5. The van der Waals surface area contributed by atoms with E-state index in [4.69, 9.17) is 26.8 Å². The highest BCUT2D eigenvalue weighted by Crippen LogP contribution is 2.27. The molecule has 1 fully saturated rings. The van der Waals surface area contributed by atoms with Crippen molar-refractivity contribution in [1.29, 1.82) is 0 Å². The van der Waals surface area contributed by atoms with Gasteiger partial charge in [0.1, 0.15) is 17.4 Å². The number of halogens is 1. The van der Waals surface area contributed by atoms with Crippen LogP contribution >= 0.6 is 11.6 Å². The van der Waals surface area contributed by atoms with Crippen molar-refractivity contribution in [3.05, 3.63) is 41.1 Å². The number of alkyl halides is 1. The van der Waals surface area contributed by atoms with Gasteiger partial charge in [-0.25, -0.2) is 0 Å². The number of likely N-dealkylation sites (tertiary alicyclic amines) is 1. The SMILES string of the molecule is CN=CC(Cl)C(=C1CN=CC1NC(OC)C(C=NC)C=NCc1ccc(OC)cc1)N1CCCC(N)C1. The first-order chi connectivity index (χ1) is 18.0. The van der Waals surface area contributed by atoms with E-state index in [9.17, 15) is 0 Å². The zero-order valence-corrected chi connectivity index (χ0v) is 23.0. The zero-order chi connectivity index (χ0) is 26.6. The van der Waals surface area contributed by atoms with Crippen LogP contribution in [-0.4, -0.2) is 101 Å². The molecule has 0 saturated carbocycles. The van der Waals surface area contributed by atoms with Crippen LogP contribution in [0.15, 0.2) is 55.5 Å². The summed E-state index contributed by atoms with van der Waals surface area (Å²) in [5.41, 5.74) is 9.54. The Morgan fingerprint density at radius 2 is 1.97 bits per heavy atom. The molecule has 9 nitrogen and oxygen atoms in total. The molecule has 2 aliphatic rings. The van der Waals surface area contributed by atoms with Gasteiger partial charge < -0.3 is 25.1 Å². The molecule has 0 aromatic heterocycles. The summed E-state index contributed by atoms with van der Waals surface area (Å²) >= 11 is 6.85. The normalized spacial score (nSPS) is 24.3. The predicted molar refractivity (Wildman–Crippen MR) is 154 cm³/mol. The van der Waals surface area contributed by atoms with Gasteiger partial charge in [0.25, 0.3) is 0 Å². The third-order valence-corrected chi connectivity index (χ3v) is 6.86. The number of piperidine rings is 1. The molecule has 1 aromatic rings. The predicted octanol–water partition coefficient (Wildman–Crippen LogP) is 2.58. The molecule has 5 atom stereocenters. The highest BCUT2D eigenvalue weighted by Gasteiger charge is 2.32. The van der Waals surface area contributed by atoms with Gasteiger partial charge in [0.2, 0.25) is 0 Å². The van der Waals surface area contributed by atoms with E-state index < -0.39 is 0 Å². The van der Waals surface area contributed by atoms with Crippen LogP contribution in [0.2, 0.25) is 0 Å². The molecule has 3 rings (SSSR count). The number of ether oxygens (including phenoxy) is 2. The van der Waals surface area contributed by atoms with Gasteiger partial charge in [-0.3, -0.25) is 20.3 Å². The van der Waals surface area contributed by atoms with Crippen molar-refractivity contribution >= 4 is 36.5 Å². The van der Waals surface area contributed by atoms with Gasteiger partial charge in [-0.1, -0.05) is 12.1 Å². The summed E-state index contributed by atoms with van der Waals surface area (Å²) in [6.07, 6.45) is 9.10. The number of allylic oxidation sites excluding steroid dienone is 1. The first kappa shape index (κ1) is 29.0. The summed E-state index contributed by atoms with van der Waals surface area (Å²) in [5.74, 6) is 0.643. The maximum atomic E-state index is 6.85. The number of aliphatic imine (C=N–C) groups is 4. The molecular formula is C27H40ClN7O2. The first-order valence-corrected chi connectivity index (χ1v) is 13.1. The van der Waals surface area contributed by atoms with E-state index in [0.29, 0.717) is 13.1 Å². The van der Waals surface area contributed by atoms with E-state index in [-0.39, 0.29) is 29.6 Å². The number of nitrogens with two attached hydrogens (primary N) is 1. The highest BCUT2D eigenvalue weighted by molar-refractivity contribution is 6.30. The third kappa shape index (κ3) is 8.20. The lowest BCUT2D eigenvalue weighted by molar-refractivity contribution is 0.0648. The van der Waals surface area contributed by atoms with Gasteiger partial charge in [0.05, 0.1) is 32.2 Å². The lowest BCUT2D eigenvalue weighted by atomic mass is 9.99. The van der Waals surface area contributed by atoms with Gasteiger partial charge in [-0.05, 0) is 36.1 Å². The fourth-order valence-corrected chi connectivity index (χ4v) is 5.10. The van der Waals surface area contributed by atoms with Gasteiger partial charge in [-0.2, -0.15) is 0 Å². The van der Waals surface area contributed by atoms with E-state index >= 15 is 0 Å². The molecule has 0 amide bonds. The second kappa shape index (κ2) is 15.0. The number of hydrogen-bond donors (Lipinski definition) is 2. The molecule has 0 bridgehead atoms. The van der Waals surface area contributed by atoms with Crippen LogP contribution in [0.1, 0.15) is 18.4 Å². The standard InChI is InChI=1S/C27H40ClN7O2/c1-30-13-20(14-32-12-19-7-9-22(36-3)10-8-19)27(37-4)34-25-17-33-15-23(25)26(24(28)16-31-2)35-11-5-6-21(29)18-35/h7-10,13-14,16-17,20-21,24-25,27,34H,5-6,11-12,15,18,29H2,1-4H3. The van der Waals surface area contributed by atoms with E-state index in [1.807, 2.05) is 42.9 Å². The molecule has 0 radical (unpaired) electrons. The minimum absolute atomic E-state index is 0.124. The average molecular weight is 530 g/mol. The molecule has 37 heavy (non-hydrogen) atoms. The lowest BCUT2D eigenvalue weighted by Gasteiger charge is -2.37. The van der Waals surface area contributed by atoms with Crippen molar-refractivity contribution in [1.82, 2.24) is 10.2 Å². The molecular weight excluding hydrogens is 490 g/mol. The van der Waals surface area contributed by atoms with Crippen molar-refractivity contribution in [2.24, 2.45) is 31.6 Å². The topological polar surface area (TPSA) is 109 Å². The molecule has 10 heteroatoms. The van der Waals surface area contributed by atoms with Crippen LogP contribution in [0.4, 0.5) is 0 Å². The Balaban J connectivity index is 1.79. The van der Waals surface area contributed by atoms with Crippen LogP contribution in [0, 0.1) is 5.92 Å². The summed E-state index contributed by atoms with van der Waals surface area (Å²) in [5, 5.41) is 3.24. The van der Waals surface area contributed by atoms with Crippen molar-refractivity contribution in [2.75, 3.05) is 47.9 Å². The molecule has 0 spiro atoms. The van der Waals surface area contributed by atoms with Crippen LogP contribution in [0.3, 0.4) is 0 Å². The molecule has 2 heterocycles. The number of nitrogens with zero attached hydrogens (tertiary/aromatic N) is 5. The molecule has 0 aliphatic carbocycles. The zero-order valence-electron chi connectivity index (χ0n) is 22.3. The first-order valence-electron chi connectivity index (χ1n) is 12.6. The van der Waals surface area contributed by atoms with Crippen molar-refractivity contribution in [3.63, 3.8) is 0 Å². The van der Waals surface area contributed by atoms with E-state index in [1.54, 1.807) is 34.5 Å². The fourth-order valence-electron chi connectivity index (χ4n) is 4.70. The number of methoxy groups -OCH3 is 2. The Bertz CT molecular complexity index is 993. The van der Waals surface area contributed by atoms with Crippen molar-refractivity contribution in [3.8, 4) is 5.75 Å².